The number of aryl methyl sites for hydroxylation is 1. The number of rotatable bonds is 6. The molecular formula is C11H15N7O2. The lowest BCUT2D eigenvalue weighted by Gasteiger charge is -2.06. The molecule has 0 aliphatic heterocycles. The first-order valence-electron chi connectivity index (χ1n) is 5.94. The molecule has 0 bridgehead atoms. The lowest BCUT2D eigenvalue weighted by Crippen LogP contribution is -2.12. The monoisotopic (exact) mass is 277 g/mol. The van der Waals surface area contributed by atoms with Gasteiger partial charge in [0, 0.05) is 26.2 Å². The van der Waals surface area contributed by atoms with E-state index in [0.717, 1.165) is 5.69 Å². The Hall–Kier alpha value is -2.68. The number of hydrogen-bond donors (Lipinski definition) is 3. The van der Waals surface area contributed by atoms with Crippen molar-refractivity contribution in [3.8, 4) is 0 Å². The summed E-state index contributed by atoms with van der Waals surface area (Å²) in [4.78, 5) is 14.4. The highest BCUT2D eigenvalue weighted by Gasteiger charge is 2.10. The molecule has 9 heteroatoms. The van der Waals surface area contributed by atoms with E-state index in [4.69, 9.17) is 5.84 Å². The first-order valence-corrected chi connectivity index (χ1v) is 5.94. The van der Waals surface area contributed by atoms with Crippen LogP contribution in [0.15, 0.2) is 24.4 Å². The topological polar surface area (TPSA) is 124 Å². The van der Waals surface area contributed by atoms with Crippen molar-refractivity contribution in [2.24, 2.45) is 12.9 Å². The average molecular weight is 277 g/mol. The summed E-state index contributed by atoms with van der Waals surface area (Å²) < 4.78 is 1.72. The van der Waals surface area contributed by atoms with Gasteiger partial charge in [-0.2, -0.15) is 5.10 Å². The van der Waals surface area contributed by atoms with Gasteiger partial charge in [-0.3, -0.25) is 14.8 Å². The molecule has 2 aromatic heterocycles. The first-order chi connectivity index (χ1) is 9.58. The number of hydrogen-bond acceptors (Lipinski definition) is 7. The quantitative estimate of drug-likeness (QED) is 0.402. The van der Waals surface area contributed by atoms with Crippen LogP contribution < -0.4 is 16.6 Å². The van der Waals surface area contributed by atoms with Crippen LogP contribution in [0.1, 0.15) is 5.69 Å². The smallest absolute Gasteiger partial charge is 0.276 e. The van der Waals surface area contributed by atoms with Crippen molar-refractivity contribution in [3.05, 3.63) is 40.2 Å². The Labute approximate surface area is 114 Å². The number of nitrogen functional groups attached to an aromatic ring is 1. The van der Waals surface area contributed by atoms with Crippen LogP contribution in [0.5, 0.6) is 0 Å². The van der Waals surface area contributed by atoms with Gasteiger partial charge in [-0.05, 0) is 6.07 Å². The molecule has 0 saturated heterocycles. The van der Waals surface area contributed by atoms with Crippen LogP contribution in [0, 0.1) is 10.1 Å². The summed E-state index contributed by atoms with van der Waals surface area (Å²) >= 11 is 0. The number of anilines is 2. The van der Waals surface area contributed by atoms with E-state index in [9.17, 15) is 10.1 Å². The van der Waals surface area contributed by atoms with Crippen LogP contribution in [0.25, 0.3) is 0 Å². The predicted octanol–water partition coefficient (Wildman–Crippen LogP) is 0.663. The molecule has 0 radical (unpaired) electrons. The first kappa shape index (κ1) is 13.7. The van der Waals surface area contributed by atoms with Crippen molar-refractivity contribution in [2.75, 3.05) is 17.3 Å². The molecule has 0 aliphatic rings. The van der Waals surface area contributed by atoms with E-state index in [1.807, 2.05) is 19.3 Å². The Balaban J connectivity index is 2.01. The summed E-state index contributed by atoms with van der Waals surface area (Å²) in [6.45, 7) is 0.565. The third-order valence-electron chi connectivity index (χ3n) is 2.62. The Kier molecular flexibility index (Phi) is 4.11. The minimum Gasteiger partial charge on any atom is -0.369 e. The van der Waals surface area contributed by atoms with Gasteiger partial charge >= 0.3 is 0 Å². The van der Waals surface area contributed by atoms with Crippen molar-refractivity contribution in [1.29, 1.82) is 0 Å². The van der Waals surface area contributed by atoms with Crippen LogP contribution in [-0.2, 0) is 13.5 Å². The van der Waals surface area contributed by atoms with Crippen molar-refractivity contribution in [2.45, 2.75) is 6.42 Å². The Morgan fingerprint density at radius 2 is 2.20 bits per heavy atom. The molecule has 0 saturated carbocycles. The number of hydrazine groups is 1. The zero-order valence-corrected chi connectivity index (χ0v) is 10.9. The van der Waals surface area contributed by atoms with Gasteiger partial charge in [0.1, 0.15) is 11.6 Å². The lowest BCUT2D eigenvalue weighted by molar-refractivity contribution is -0.384. The molecule has 4 N–H and O–H groups in total. The number of aromatic nitrogens is 3. The van der Waals surface area contributed by atoms with Crippen LogP contribution in [0.3, 0.4) is 0 Å². The van der Waals surface area contributed by atoms with E-state index >= 15 is 0 Å². The molecule has 0 atom stereocenters. The third kappa shape index (κ3) is 3.42. The molecule has 2 rings (SSSR count). The molecule has 0 amide bonds. The van der Waals surface area contributed by atoms with Crippen LogP contribution >= 0.6 is 0 Å². The van der Waals surface area contributed by atoms with Crippen LogP contribution in [0.2, 0.25) is 0 Å². The highest BCUT2D eigenvalue weighted by atomic mass is 16.6. The van der Waals surface area contributed by atoms with Gasteiger partial charge in [-0.15, -0.1) is 0 Å². The minimum atomic E-state index is -0.494. The zero-order chi connectivity index (χ0) is 14.5. The van der Waals surface area contributed by atoms with E-state index in [0.29, 0.717) is 18.8 Å². The fourth-order valence-corrected chi connectivity index (χ4v) is 1.70. The highest BCUT2D eigenvalue weighted by Crippen LogP contribution is 2.19. The summed E-state index contributed by atoms with van der Waals surface area (Å²) in [6.07, 6.45) is 2.55. The fraction of sp³-hybridized carbons (Fsp3) is 0.273. The second-order valence-electron chi connectivity index (χ2n) is 4.15. The van der Waals surface area contributed by atoms with E-state index < -0.39 is 4.92 Å². The predicted molar refractivity (Wildman–Crippen MR) is 74.1 cm³/mol. The van der Waals surface area contributed by atoms with Gasteiger partial charge in [0.05, 0.1) is 22.7 Å². The second kappa shape index (κ2) is 5.97. The van der Waals surface area contributed by atoms with E-state index in [1.54, 1.807) is 4.68 Å². The van der Waals surface area contributed by atoms with Crippen molar-refractivity contribution in [3.63, 3.8) is 0 Å². The third-order valence-corrected chi connectivity index (χ3v) is 2.62. The number of nitrogens with two attached hydrogens (primary N) is 1. The maximum absolute atomic E-state index is 10.8. The van der Waals surface area contributed by atoms with E-state index in [1.165, 1.54) is 12.1 Å². The summed E-state index contributed by atoms with van der Waals surface area (Å²) in [7, 11) is 1.85. The van der Waals surface area contributed by atoms with Crippen LogP contribution in [0.4, 0.5) is 17.3 Å². The summed E-state index contributed by atoms with van der Waals surface area (Å²) in [6, 6.07) is 4.54. The van der Waals surface area contributed by atoms with Gasteiger partial charge in [-0.25, -0.2) is 10.8 Å². The van der Waals surface area contributed by atoms with Crippen molar-refractivity contribution >= 4 is 17.3 Å². The molecule has 0 fully saturated rings. The average Bonchev–Trinajstić information content (AvgIpc) is 2.84. The number of pyridine rings is 1. The SMILES string of the molecule is Cn1ccc(CCNc2cc([N+](=O)[O-])cc(NN)n2)n1. The van der Waals surface area contributed by atoms with E-state index in [2.05, 4.69) is 20.8 Å². The van der Waals surface area contributed by atoms with Crippen molar-refractivity contribution in [1.82, 2.24) is 14.8 Å². The zero-order valence-electron chi connectivity index (χ0n) is 10.9. The summed E-state index contributed by atoms with van der Waals surface area (Å²) in [5, 5.41) is 18.0. The molecule has 0 aliphatic carbocycles. The molecule has 0 aromatic carbocycles. The van der Waals surface area contributed by atoms with Gasteiger partial charge in [0.25, 0.3) is 5.69 Å². The van der Waals surface area contributed by atoms with Gasteiger partial charge in [0.15, 0.2) is 0 Å². The number of nitrogens with one attached hydrogen (secondary N) is 2. The Morgan fingerprint density at radius 1 is 1.45 bits per heavy atom. The lowest BCUT2D eigenvalue weighted by atomic mass is 10.3. The maximum atomic E-state index is 10.8. The number of nitro groups is 1. The maximum Gasteiger partial charge on any atom is 0.276 e. The van der Waals surface area contributed by atoms with Crippen LogP contribution in [-0.4, -0.2) is 26.2 Å². The standard InChI is InChI=1S/C11H15N7O2/c1-17-5-3-8(16-17)2-4-13-10-6-9(18(19)20)7-11(14-10)15-12/h3,5-7H,2,4,12H2,1H3,(H2,13,14,15). The summed E-state index contributed by atoms with van der Waals surface area (Å²) in [5.41, 5.74) is 3.16. The summed E-state index contributed by atoms with van der Waals surface area (Å²) in [5.74, 6) is 5.86. The van der Waals surface area contributed by atoms with Gasteiger partial charge in [-0.1, -0.05) is 0 Å². The molecule has 9 nitrogen and oxygen atoms in total. The molecule has 20 heavy (non-hydrogen) atoms. The molecule has 2 aromatic rings. The minimum absolute atomic E-state index is 0.0757. The molecule has 0 spiro atoms. The molecular weight excluding hydrogens is 262 g/mol. The largest absolute Gasteiger partial charge is 0.369 e. The van der Waals surface area contributed by atoms with Gasteiger partial charge in [0.2, 0.25) is 0 Å². The normalized spacial score (nSPS) is 10.3. The van der Waals surface area contributed by atoms with Gasteiger partial charge < -0.3 is 10.7 Å². The molecule has 0 unspecified atom stereocenters. The highest BCUT2D eigenvalue weighted by molar-refractivity contribution is 5.54. The van der Waals surface area contributed by atoms with Crippen molar-refractivity contribution < 1.29 is 4.92 Å². The molecule has 106 valence electrons. The Morgan fingerprint density at radius 3 is 2.80 bits per heavy atom. The fourth-order valence-electron chi connectivity index (χ4n) is 1.70. The molecule has 2 heterocycles. The second-order valence-corrected chi connectivity index (χ2v) is 4.15. The number of nitrogens with zero attached hydrogens (tertiary/aromatic N) is 4. The van der Waals surface area contributed by atoms with E-state index in [-0.39, 0.29) is 11.5 Å². The Bertz CT molecular complexity index is 611.